The smallest absolute Gasteiger partial charge is 0.409 e. The van der Waals surface area contributed by atoms with Gasteiger partial charge in [0.1, 0.15) is 5.03 Å². The number of amides is 2. The third-order valence-corrected chi connectivity index (χ3v) is 5.03. The van der Waals surface area contributed by atoms with Gasteiger partial charge in [-0.3, -0.25) is 4.79 Å². The monoisotopic (exact) mass is 351 g/mol. The Morgan fingerprint density at radius 3 is 2.79 bits per heavy atom. The molecule has 0 bridgehead atoms. The van der Waals surface area contributed by atoms with E-state index in [0.717, 1.165) is 30.0 Å². The second-order valence-corrected chi connectivity index (χ2v) is 6.72. The Hall–Kier alpha value is -1.76. The first kappa shape index (κ1) is 18.6. The zero-order valence-electron chi connectivity index (χ0n) is 14.3. The number of hydrogen-bond acceptors (Lipinski definition) is 5. The average molecular weight is 351 g/mol. The van der Waals surface area contributed by atoms with E-state index in [1.165, 1.54) is 0 Å². The quantitative estimate of drug-likeness (QED) is 0.798. The van der Waals surface area contributed by atoms with E-state index in [1.807, 2.05) is 6.07 Å². The molecule has 2 rings (SSSR count). The standard InChI is InChI=1S/C17H25N3O3S/c1-3-12-24-16-14(6-5-9-18-16)15(21)19-13-7-10-20(11-8-13)17(22)23-4-2/h5-6,9,13H,3-4,7-8,10-12H2,1-2H3,(H,19,21). The van der Waals surface area contributed by atoms with E-state index in [4.69, 9.17) is 4.74 Å². The third-order valence-electron chi connectivity index (χ3n) is 3.81. The van der Waals surface area contributed by atoms with E-state index >= 15 is 0 Å². The number of piperidine rings is 1. The van der Waals surface area contributed by atoms with Gasteiger partial charge in [-0.15, -0.1) is 11.8 Å². The lowest BCUT2D eigenvalue weighted by Gasteiger charge is -2.31. The van der Waals surface area contributed by atoms with Gasteiger partial charge in [0.25, 0.3) is 5.91 Å². The van der Waals surface area contributed by atoms with E-state index in [1.54, 1.807) is 35.8 Å². The molecule has 0 radical (unpaired) electrons. The lowest BCUT2D eigenvalue weighted by atomic mass is 10.0. The Labute approximate surface area is 147 Å². The first-order chi connectivity index (χ1) is 11.7. The number of nitrogens with one attached hydrogen (secondary N) is 1. The maximum Gasteiger partial charge on any atom is 0.409 e. The van der Waals surface area contributed by atoms with Gasteiger partial charge >= 0.3 is 6.09 Å². The molecule has 6 nitrogen and oxygen atoms in total. The van der Waals surface area contributed by atoms with Crippen LogP contribution >= 0.6 is 11.8 Å². The lowest BCUT2D eigenvalue weighted by Crippen LogP contribution is -2.46. The minimum Gasteiger partial charge on any atom is -0.450 e. The fourth-order valence-electron chi connectivity index (χ4n) is 2.56. The Morgan fingerprint density at radius 2 is 2.12 bits per heavy atom. The zero-order valence-corrected chi connectivity index (χ0v) is 15.1. The molecule has 0 spiro atoms. The first-order valence-corrected chi connectivity index (χ1v) is 9.44. The van der Waals surface area contributed by atoms with Crippen LogP contribution in [0.2, 0.25) is 0 Å². The van der Waals surface area contributed by atoms with E-state index in [-0.39, 0.29) is 18.0 Å². The number of hydrogen-bond donors (Lipinski definition) is 1. The molecule has 1 N–H and O–H groups in total. The summed E-state index contributed by atoms with van der Waals surface area (Å²) in [6, 6.07) is 3.68. The number of rotatable bonds is 6. The van der Waals surface area contributed by atoms with Crippen LogP contribution in [0.4, 0.5) is 4.79 Å². The van der Waals surface area contributed by atoms with Gasteiger partial charge in [0.05, 0.1) is 12.2 Å². The van der Waals surface area contributed by atoms with Gasteiger partial charge in [-0.05, 0) is 44.1 Å². The van der Waals surface area contributed by atoms with Crippen molar-refractivity contribution in [1.29, 1.82) is 0 Å². The number of aromatic nitrogens is 1. The van der Waals surface area contributed by atoms with Crippen molar-refractivity contribution < 1.29 is 14.3 Å². The van der Waals surface area contributed by atoms with Crippen LogP contribution in [-0.4, -0.2) is 53.4 Å². The second kappa shape index (κ2) is 9.52. The summed E-state index contributed by atoms with van der Waals surface area (Å²) in [4.78, 5) is 30.3. The van der Waals surface area contributed by atoms with E-state index in [9.17, 15) is 9.59 Å². The molecule has 1 aliphatic rings. The Bertz CT molecular complexity index is 560. The molecule has 1 aromatic heterocycles. The van der Waals surface area contributed by atoms with Crippen LogP contribution in [-0.2, 0) is 4.74 Å². The van der Waals surface area contributed by atoms with Crippen LogP contribution in [0.1, 0.15) is 43.5 Å². The summed E-state index contributed by atoms with van der Waals surface area (Å²) in [7, 11) is 0. The largest absolute Gasteiger partial charge is 0.450 e. The Kier molecular flexibility index (Phi) is 7.36. The molecule has 1 fully saturated rings. The molecule has 1 aromatic rings. The highest BCUT2D eigenvalue weighted by Crippen LogP contribution is 2.21. The number of likely N-dealkylation sites (tertiary alicyclic amines) is 1. The van der Waals surface area contributed by atoms with Crippen LogP contribution in [0.25, 0.3) is 0 Å². The fraction of sp³-hybridized carbons (Fsp3) is 0.588. The van der Waals surface area contributed by atoms with Crippen LogP contribution < -0.4 is 5.32 Å². The number of ether oxygens (including phenoxy) is 1. The fourth-order valence-corrected chi connectivity index (χ4v) is 3.41. The van der Waals surface area contributed by atoms with Gasteiger partial charge in [-0.25, -0.2) is 9.78 Å². The average Bonchev–Trinajstić information content (AvgIpc) is 2.61. The summed E-state index contributed by atoms with van der Waals surface area (Å²) in [6.45, 7) is 5.50. The van der Waals surface area contributed by atoms with Gasteiger partial charge in [-0.2, -0.15) is 0 Å². The molecule has 24 heavy (non-hydrogen) atoms. The van der Waals surface area contributed by atoms with Crippen molar-refractivity contribution in [2.45, 2.75) is 44.2 Å². The van der Waals surface area contributed by atoms with Crippen molar-refractivity contribution in [2.75, 3.05) is 25.4 Å². The van der Waals surface area contributed by atoms with Crippen LogP contribution in [0, 0.1) is 0 Å². The van der Waals surface area contributed by atoms with Crippen molar-refractivity contribution in [2.24, 2.45) is 0 Å². The third kappa shape index (κ3) is 5.12. The molecule has 2 heterocycles. The normalized spacial score (nSPS) is 15.2. The summed E-state index contributed by atoms with van der Waals surface area (Å²) in [5, 5.41) is 3.85. The van der Waals surface area contributed by atoms with Gasteiger partial charge in [0, 0.05) is 25.3 Å². The predicted octanol–water partition coefficient (Wildman–Crippen LogP) is 2.93. The van der Waals surface area contributed by atoms with E-state index in [2.05, 4.69) is 17.2 Å². The number of carbonyl (C=O) groups is 2. The molecular weight excluding hydrogens is 326 g/mol. The molecule has 0 atom stereocenters. The van der Waals surface area contributed by atoms with Crippen LogP contribution in [0.15, 0.2) is 23.4 Å². The molecule has 0 unspecified atom stereocenters. The van der Waals surface area contributed by atoms with Crippen molar-refractivity contribution in [3.63, 3.8) is 0 Å². The molecule has 0 aliphatic carbocycles. The Morgan fingerprint density at radius 1 is 1.38 bits per heavy atom. The first-order valence-electron chi connectivity index (χ1n) is 8.46. The molecule has 2 amide bonds. The number of nitrogens with zero attached hydrogens (tertiary/aromatic N) is 2. The highest BCUT2D eigenvalue weighted by molar-refractivity contribution is 7.99. The SMILES string of the molecule is CCCSc1ncccc1C(=O)NC1CCN(C(=O)OCC)CC1. The molecular formula is C17H25N3O3S. The molecule has 7 heteroatoms. The highest BCUT2D eigenvalue weighted by Gasteiger charge is 2.25. The number of carbonyl (C=O) groups excluding carboxylic acids is 2. The summed E-state index contributed by atoms with van der Waals surface area (Å²) >= 11 is 1.61. The van der Waals surface area contributed by atoms with Crippen molar-refractivity contribution in [3.05, 3.63) is 23.9 Å². The van der Waals surface area contributed by atoms with Gasteiger partial charge in [-0.1, -0.05) is 6.92 Å². The molecule has 1 aliphatic heterocycles. The van der Waals surface area contributed by atoms with Gasteiger partial charge in [0.2, 0.25) is 0 Å². The lowest BCUT2D eigenvalue weighted by molar-refractivity contribution is 0.0857. The maximum atomic E-state index is 12.5. The van der Waals surface area contributed by atoms with Crippen molar-refractivity contribution in [3.8, 4) is 0 Å². The van der Waals surface area contributed by atoms with E-state index in [0.29, 0.717) is 25.3 Å². The van der Waals surface area contributed by atoms with Gasteiger partial charge in [0.15, 0.2) is 0 Å². The molecule has 0 aromatic carbocycles. The zero-order chi connectivity index (χ0) is 17.4. The molecule has 1 saturated heterocycles. The number of thioether (sulfide) groups is 1. The minimum atomic E-state index is -0.271. The van der Waals surface area contributed by atoms with E-state index < -0.39 is 0 Å². The summed E-state index contributed by atoms with van der Waals surface area (Å²) in [5.41, 5.74) is 0.628. The maximum absolute atomic E-state index is 12.5. The Balaban J connectivity index is 1.89. The number of pyridine rings is 1. The summed E-state index contributed by atoms with van der Waals surface area (Å²) < 4.78 is 5.01. The van der Waals surface area contributed by atoms with Crippen molar-refractivity contribution in [1.82, 2.24) is 15.2 Å². The predicted molar refractivity (Wildman–Crippen MR) is 94.3 cm³/mol. The highest BCUT2D eigenvalue weighted by atomic mass is 32.2. The molecule has 132 valence electrons. The van der Waals surface area contributed by atoms with Crippen LogP contribution in [0.3, 0.4) is 0 Å². The second-order valence-electron chi connectivity index (χ2n) is 5.64. The summed E-state index contributed by atoms with van der Waals surface area (Å²) in [6.07, 6.45) is 3.96. The molecule has 0 saturated carbocycles. The van der Waals surface area contributed by atoms with Crippen molar-refractivity contribution >= 4 is 23.8 Å². The topological polar surface area (TPSA) is 71.5 Å². The summed E-state index contributed by atoms with van der Waals surface area (Å²) in [5.74, 6) is 0.853. The van der Waals surface area contributed by atoms with Crippen LogP contribution in [0.5, 0.6) is 0 Å². The minimum absolute atomic E-state index is 0.0763. The van der Waals surface area contributed by atoms with Gasteiger partial charge < -0.3 is 15.0 Å².